The summed E-state index contributed by atoms with van der Waals surface area (Å²) in [6, 6.07) is 8.33. The zero-order valence-electron chi connectivity index (χ0n) is 14.7. The molecule has 8 heteroatoms. The molecule has 1 fully saturated rings. The number of carbonyl (C=O) groups excluding carboxylic acids is 2. The van der Waals surface area contributed by atoms with Gasteiger partial charge in [-0.15, -0.1) is 0 Å². The summed E-state index contributed by atoms with van der Waals surface area (Å²) in [6.45, 7) is -0.693. The molecular formula is C19H20F2N2O4. The third kappa shape index (κ3) is 4.45. The number of amides is 2. The van der Waals surface area contributed by atoms with E-state index in [9.17, 15) is 18.4 Å². The molecule has 144 valence electrons. The van der Waals surface area contributed by atoms with E-state index >= 15 is 0 Å². The first-order chi connectivity index (χ1) is 13.0. The summed E-state index contributed by atoms with van der Waals surface area (Å²) in [6.07, 6.45) is 2.69. The second-order valence-electron chi connectivity index (χ2n) is 6.32. The molecule has 0 aliphatic carbocycles. The van der Waals surface area contributed by atoms with E-state index in [-0.39, 0.29) is 23.3 Å². The van der Waals surface area contributed by atoms with E-state index in [0.717, 1.165) is 6.42 Å². The molecule has 0 saturated carbocycles. The molecule has 2 heterocycles. The number of rotatable bonds is 6. The molecule has 0 spiro atoms. The summed E-state index contributed by atoms with van der Waals surface area (Å²) < 4.78 is 34.3. The summed E-state index contributed by atoms with van der Waals surface area (Å²) >= 11 is 0. The van der Waals surface area contributed by atoms with Crippen LogP contribution in [-0.2, 0) is 4.79 Å². The molecule has 1 aromatic carbocycles. The largest absolute Gasteiger partial charge is 0.459 e. The van der Waals surface area contributed by atoms with Crippen LogP contribution in [0.4, 0.5) is 8.78 Å². The first-order valence-corrected chi connectivity index (χ1v) is 8.65. The summed E-state index contributed by atoms with van der Waals surface area (Å²) in [5, 5.41) is 2.84. The molecule has 3 rings (SSSR count). The quantitative estimate of drug-likeness (QED) is 0.837. The van der Waals surface area contributed by atoms with Crippen molar-refractivity contribution in [1.29, 1.82) is 0 Å². The van der Waals surface area contributed by atoms with Crippen molar-refractivity contribution >= 4 is 11.8 Å². The molecule has 1 aliphatic rings. The van der Waals surface area contributed by atoms with Gasteiger partial charge in [0.2, 0.25) is 5.91 Å². The number of likely N-dealkylation sites (tertiary alicyclic amines) is 1. The van der Waals surface area contributed by atoms with Gasteiger partial charge in [-0.2, -0.15) is 8.78 Å². The molecule has 27 heavy (non-hydrogen) atoms. The normalized spacial score (nSPS) is 17.8. The third-order valence-corrected chi connectivity index (χ3v) is 4.49. The molecule has 1 aromatic heterocycles. The van der Waals surface area contributed by atoms with E-state index in [0.29, 0.717) is 18.5 Å². The molecular weight excluding hydrogens is 358 g/mol. The predicted molar refractivity (Wildman–Crippen MR) is 92.4 cm³/mol. The molecule has 1 N–H and O–H groups in total. The van der Waals surface area contributed by atoms with Crippen molar-refractivity contribution in [1.82, 2.24) is 10.2 Å². The smallest absolute Gasteiger partial charge is 0.387 e. The fourth-order valence-electron chi connectivity index (χ4n) is 3.18. The Balaban J connectivity index is 1.66. The minimum Gasteiger partial charge on any atom is -0.459 e. The highest BCUT2D eigenvalue weighted by Gasteiger charge is 2.36. The van der Waals surface area contributed by atoms with Crippen LogP contribution in [0.3, 0.4) is 0 Å². The van der Waals surface area contributed by atoms with Crippen LogP contribution < -0.4 is 10.1 Å². The maximum absolute atomic E-state index is 12.7. The van der Waals surface area contributed by atoms with Crippen LogP contribution in [0.1, 0.15) is 41.9 Å². The molecule has 0 radical (unpaired) electrons. The van der Waals surface area contributed by atoms with Gasteiger partial charge in [0, 0.05) is 6.54 Å². The number of nitrogens with one attached hydrogen (secondary N) is 1. The van der Waals surface area contributed by atoms with Crippen LogP contribution in [0, 0.1) is 0 Å². The molecule has 0 bridgehead atoms. The Kier molecular flexibility index (Phi) is 5.73. The first-order valence-electron chi connectivity index (χ1n) is 8.65. The van der Waals surface area contributed by atoms with Gasteiger partial charge in [-0.05, 0) is 49.6 Å². The summed E-state index contributed by atoms with van der Waals surface area (Å²) in [5.41, 5.74) is 0.628. The van der Waals surface area contributed by atoms with E-state index in [1.54, 1.807) is 31.2 Å². The predicted octanol–water partition coefficient (Wildman–Crippen LogP) is 3.36. The van der Waals surface area contributed by atoms with E-state index < -0.39 is 18.7 Å². The molecule has 2 atom stereocenters. The van der Waals surface area contributed by atoms with Crippen molar-refractivity contribution in [3.63, 3.8) is 0 Å². The van der Waals surface area contributed by atoms with Crippen LogP contribution in [0.5, 0.6) is 5.75 Å². The number of halogens is 2. The number of alkyl halides is 2. The van der Waals surface area contributed by atoms with E-state index in [1.807, 2.05) is 0 Å². The molecule has 0 unspecified atom stereocenters. The van der Waals surface area contributed by atoms with E-state index in [4.69, 9.17) is 4.42 Å². The molecule has 1 saturated heterocycles. The van der Waals surface area contributed by atoms with Gasteiger partial charge in [-0.3, -0.25) is 9.59 Å². The lowest BCUT2D eigenvalue weighted by molar-refractivity contribution is -0.125. The van der Waals surface area contributed by atoms with Crippen molar-refractivity contribution in [3.05, 3.63) is 54.0 Å². The van der Waals surface area contributed by atoms with Crippen LogP contribution in [-0.4, -0.2) is 35.9 Å². The highest BCUT2D eigenvalue weighted by Crippen LogP contribution is 2.24. The lowest BCUT2D eigenvalue weighted by Gasteiger charge is -2.25. The van der Waals surface area contributed by atoms with E-state index in [1.165, 1.54) is 23.3 Å². The second kappa shape index (κ2) is 8.20. The van der Waals surface area contributed by atoms with Crippen molar-refractivity contribution in [2.24, 2.45) is 0 Å². The molecule has 2 aromatic rings. The Bertz CT molecular complexity index is 795. The fraction of sp³-hybridized carbons (Fsp3) is 0.368. The number of hydrogen-bond donors (Lipinski definition) is 1. The van der Waals surface area contributed by atoms with Crippen LogP contribution in [0.25, 0.3) is 0 Å². The number of carbonyl (C=O) groups is 2. The summed E-state index contributed by atoms with van der Waals surface area (Å²) in [4.78, 5) is 26.7. The zero-order chi connectivity index (χ0) is 19.4. The molecule has 1 aliphatic heterocycles. The standard InChI is InChI=1S/C19H20F2N2O4/c1-12(13-5-2-6-14(11-13)27-19(20)21)22-17(24)15-7-3-9-23(15)18(25)16-8-4-10-26-16/h2,4-6,8,10-12,15,19H,3,7,9H2,1H3,(H,22,24)/t12-,15+/m0/s1. The van der Waals surface area contributed by atoms with Gasteiger partial charge < -0.3 is 19.4 Å². The maximum atomic E-state index is 12.7. The Morgan fingerprint density at radius 2 is 2.11 bits per heavy atom. The number of ether oxygens (including phenoxy) is 1. The van der Waals surface area contributed by atoms with Gasteiger partial charge in [-0.1, -0.05) is 12.1 Å². The van der Waals surface area contributed by atoms with Crippen LogP contribution in [0.15, 0.2) is 47.1 Å². The average molecular weight is 378 g/mol. The van der Waals surface area contributed by atoms with Gasteiger partial charge in [0.05, 0.1) is 12.3 Å². The van der Waals surface area contributed by atoms with Crippen molar-refractivity contribution < 1.29 is 27.5 Å². The zero-order valence-corrected chi connectivity index (χ0v) is 14.7. The highest BCUT2D eigenvalue weighted by atomic mass is 19.3. The van der Waals surface area contributed by atoms with Gasteiger partial charge in [-0.25, -0.2) is 0 Å². The maximum Gasteiger partial charge on any atom is 0.387 e. The van der Waals surface area contributed by atoms with Crippen molar-refractivity contribution in [2.45, 2.75) is 38.5 Å². The Hall–Kier alpha value is -2.90. The van der Waals surface area contributed by atoms with Gasteiger partial charge in [0.15, 0.2) is 5.76 Å². The number of benzene rings is 1. The van der Waals surface area contributed by atoms with Crippen molar-refractivity contribution in [2.75, 3.05) is 6.54 Å². The van der Waals surface area contributed by atoms with Crippen LogP contribution >= 0.6 is 0 Å². The Morgan fingerprint density at radius 3 is 2.81 bits per heavy atom. The van der Waals surface area contributed by atoms with Crippen LogP contribution in [0.2, 0.25) is 0 Å². The summed E-state index contributed by atoms with van der Waals surface area (Å²) in [5.74, 6) is -0.392. The molecule has 2 amide bonds. The van der Waals surface area contributed by atoms with Crippen molar-refractivity contribution in [3.8, 4) is 5.75 Å². The third-order valence-electron chi connectivity index (χ3n) is 4.49. The average Bonchev–Trinajstić information content (AvgIpc) is 3.32. The van der Waals surface area contributed by atoms with Gasteiger partial charge >= 0.3 is 6.61 Å². The SMILES string of the molecule is C[C@H](NC(=O)[C@H]1CCCN1C(=O)c1ccco1)c1cccc(OC(F)F)c1. The number of furan rings is 1. The Morgan fingerprint density at radius 1 is 1.30 bits per heavy atom. The Labute approximate surface area is 155 Å². The second-order valence-corrected chi connectivity index (χ2v) is 6.32. The van der Waals surface area contributed by atoms with E-state index in [2.05, 4.69) is 10.1 Å². The molecule has 6 nitrogen and oxygen atoms in total. The van der Waals surface area contributed by atoms with Gasteiger partial charge in [0.25, 0.3) is 5.91 Å². The minimum atomic E-state index is -2.91. The number of hydrogen-bond acceptors (Lipinski definition) is 4. The fourth-order valence-corrected chi connectivity index (χ4v) is 3.18. The minimum absolute atomic E-state index is 0.0269. The van der Waals surface area contributed by atoms with Gasteiger partial charge in [0.1, 0.15) is 11.8 Å². The number of nitrogens with zero attached hydrogens (tertiary/aromatic N) is 1. The summed E-state index contributed by atoms with van der Waals surface area (Å²) in [7, 11) is 0. The topological polar surface area (TPSA) is 71.8 Å². The lowest BCUT2D eigenvalue weighted by Crippen LogP contribution is -2.46. The monoisotopic (exact) mass is 378 g/mol. The first kappa shape index (κ1) is 18.9. The highest BCUT2D eigenvalue weighted by molar-refractivity contribution is 5.96. The lowest BCUT2D eigenvalue weighted by atomic mass is 10.1.